The molecule has 0 aliphatic carbocycles. The van der Waals surface area contributed by atoms with Crippen LogP contribution in [0.2, 0.25) is 0 Å². The van der Waals surface area contributed by atoms with E-state index < -0.39 is 5.41 Å². The first-order chi connectivity index (χ1) is 15.6. The van der Waals surface area contributed by atoms with Crippen LogP contribution >= 0.6 is 0 Å². The summed E-state index contributed by atoms with van der Waals surface area (Å²) in [7, 11) is 4.81. The molecule has 6 nitrogen and oxygen atoms in total. The Morgan fingerprint density at radius 3 is 2.16 bits per heavy atom. The molecule has 164 valence electrons. The van der Waals surface area contributed by atoms with Crippen molar-refractivity contribution in [1.29, 1.82) is 0 Å². The van der Waals surface area contributed by atoms with Gasteiger partial charge in [0.05, 0.1) is 32.8 Å². The molecule has 3 aromatic carbocycles. The third-order valence-electron chi connectivity index (χ3n) is 6.67. The number of para-hydroxylation sites is 1. The van der Waals surface area contributed by atoms with Crippen molar-refractivity contribution in [3.05, 3.63) is 83.4 Å². The number of nitrogens with one attached hydrogen (secondary N) is 2. The van der Waals surface area contributed by atoms with E-state index in [-0.39, 0.29) is 18.0 Å². The molecular weight excluding hydrogens is 404 g/mol. The molecule has 0 bridgehead atoms. The van der Waals surface area contributed by atoms with Gasteiger partial charge in [0.15, 0.2) is 11.5 Å². The van der Waals surface area contributed by atoms with E-state index in [1.165, 1.54) is 0 Å². The van der Waals surface area contributed by atoms with Crippen molar-refractivity contribution in [2.24, 2.45) is 0 Å². The molecule has 1 fully saturated rings. The predicted octanol–water partition coefficient (Wildman–Crippen LogP) is 4.38. The first kappa shape index (κ1) is 20.4. The minimum Gasteiger partial charge on any atom is -0.493 e. The maximum absolute atomic E-state index is 13.5. The second kappa shape index (κ2) is 7.88. The van der Waals surface area contributed by atoms with Crippen LogP contribution in [0, 0.1) is 0 Å². The van der Waals surface area contributed by atoms with Gasteiger partial charge in [0.2, 0.25) is 11.7 Å². The highest BCUT2D eigenvalue weighted by atomic mass is 16.5. The summed E-state index contributed by atoms with van der Waals surface area (Å²) in [5, 5.41) is 6.87. The maximum atomic E-state index is 13.5. The summed E-state index contributed by atoms with van der Waals surface area (Å²) in [4.78, 5) is 13.5. The van der Waals surface area contributed by atoms with Gasteiger partial charge in [0, 0.05) is 11.7 Å². The van der Waals surface area contributed by atoms with Gasteiger partial charge in [-0.2, -0.15) is 0 Å². The second-order valence-electron chi connectivity index (χ2n) is 8.20. The molecule has 0 saturated carbocycles. The number of amides is 1. The van der Waals surface area contributed by atoms with Crippen LogP contribution in [0.5, 0.6) is 17.2 Å². The summed E-state index contributed by atoms with van der Waals surface area (Å²) in [6.07, 6.45) is 0.605. The van der Waals surface area contributed by atoms with E-state index in [0.29, 0.717) is 23.7 Å². The van der Waals surface area contributed by atoms with Crippen molar-refractivity contribution in [3.63, 3.8) is 0 Å². The third-order valence-corrected chi connectivity index (χ3v) is 6.67. The van der Waals surface area contributed by atoms with Crippen molar-refractivity contribution in [2.45, 2.75) is 23.9 Å². The average Bonchev–Trinajstić information content (AvgIpc) is 3.38. The molecule has 32 heavy (non-hydrogen) atoms. The van der Waals surface area contributed by atoms with E-state index in [9.17, 15) is 4.79 Å². The molecule has 1 amide bonds. The lowest BCUT2D eigenvalue weighted by Crippen LogP contribution is -2.39. The maximum Gasteiger partial charge on any atom is 0.237 e. The molecule has 0 aromatic heterocycles. The molecule has 3 aromatic rings. The largest absolute Gasteiger partial charge is 0.493 e. The summed E-state index contributed by atoms with van der Waals surface area (Å²) in [6.45, 7) is 0. The lowest BCUT2D eigenvalue weighted by molar-refractivity contribution is -0.121. The molecule has 1 saturated heterocycles. The fourth-order valence-electron chi connectivity index (χ4n) is 5.21. The van der Waals surface area contributed by atoms with Gasteiger partial charge in [-0.3, -0.25) is 4.79 Å². The Balaban J connectivity index is 1.65. The molecule has 6 heteroatoms. The highest BCUT2D eigenvalue weighted by Gasteiger charge is 2.58. The van der Waals surface area contributed by atoms with Crippen LogP contribution in [0.3, 0.4) is 0 Å². The zero-order valence-corrected chi connectivity index (χ0v) is 18.3. The summed E-state index contributed by atoms with van der Waals surface area (Å²) in [6, 6.07) is 21.8. The first-order valence-corrected chi connectivity index (χ1v) is 10.6. The van der Waals surface area contributed by atoms with E-state index in [1.807, 2.05) is 48.5 Å². The molecule has 0 radical (unpaired) electrons. The van der Waals surface area contributed by atoms with Crippen molar-refractivity contribution >= 4 is 11.6 Å². The molecule has 5 rings (SSSR count). The van der Waals surface area contributed by atoms with E-state index in [2.05, 4.69) is 28.8 Å². The number of methoxy groups -OCH3 is 3. The smallest absolute Gasteiger partial charge is 0.237 e. The van der Waals surface area contributed by atoms with Crippen molar-refractivity contribution in [3.8, 4) is 17.2 Å². The Kier molecular flexibility index (Phi) is 5.02. The molecule has 2 aliphatic rings. The van der Waals surface area contributed by atoms with Crippen LogP contribution < -0.4 is 24.8 Å². The van der Waals surface area contributed by atoms with E-state index in [1.54, 1.807) is 21.3 Å². The number of carbonyl (C=O) groups excluding carboxylic acids is 1. The summed E-state index contributed by atoms with van der Waals surface area (Å²) >= 11 is 0. The molecule has 2 aliphatic heterocycles. The molecular formula is C26H26N2O4. The third kappa shape index (κ3) is 2.94. The van der Waals surface area contributed by atoms with Gasteiger partial charge in [-0.1, -0.05) is 48.5 Å². The Morgan fingerprint density at radius 1 is 0.844 bits per heavy atom. The molecule has 2 N–H and O–H groups in total. The zero-order valence-electron chi connectivity index (χ0n) is 18.3. The molecule has 3 atom stereocenters. The molecule has 2 heterocycles. The summed E-state index contributed by atoms with van der Waals surface area (Å²) in [5.41, 5.74) is 3.25. The number of anilines is 1. The van der Waals surface area contributed by atoms with Crippen molar-refractivity contribution in [2.75, 3.05) is 26.6 Å². The standard InChI is InChI=1S/C26H26N2O4/c1-30-21-13-17(14-22(31-2)23(21)32-3)20-15-26(24(27-20)16-9-5-4-6-10-16)18-11-7-8-12-19(18)28-25(26)29/h4-14,20,24,27H,15H2,1-3H3,(H,28,29). The van der Waals surface area contributed by atoms with Gasteiger partial charge in [-0.15, -0.1) is 0 Å². The van der Waals surface area contributed by atoms with Crippen molar-refractivity contribution in [1.82, 2.24) is 5.32 Å². The van der Waals surface area contributed by atoms with Gasteiger partial charge in [0.25, 0.3) is 0 Å². The van der Waals surface area contributed by atoms with Crippen LogP contribution in [0.25, 0.3) is 0 Å². The Bertz CT molecular complexity index is 1140. The zero-order chi connectivity index (χ0) is 22.3. The van der Waals surface area contributed by atoms with Crippen LogP contribution in [0.4, 0.5) is 5.69 Å². The lowest BCUT2D eigenvalue weighted by Gasteiger charge is -2.29. The van der Waals surface area contributed by atoms with Gasteiger partial charge in [0.1, 0.15) is 0 Å². The molecule has 1 spiro atoms. The fraction of sp³-hybridized carbons (Fsp3) is 0.269. The van der Waals surface area contributed by atoms with Crippen LogP contribution in [-0.4, -0.2) is 27.2 Å². The van der Waals surface area contributed by atoms with Gasteiger partial charge < -0.3 is 24.8 Å². The number of fused-ring (bicyclic) bond motifs is 2. The van der Waals surface area contributed by atoms with E-state index >= 15 is 0 Å². The highest BCUT2D eigenvalue weighted by Crippen LogP contribution is 2.56. The number of benzene rings is 3. The van der Waals surface area contributed by atoms with Gasteiger partial charge in [-0.25, -0.2) is 0 Å². The van der Waals surface area contributed by atoms with Crippen molar-refractivity contribution < 1.29 is 19.0 Å². The van der Waals surface area contributed by atoms with Gasteiger partial charge >= 0.3 is 0 Å². The minimum atomic E-state index is -0.719. The SMILES string of the molecule is COc1cc(C2CC3(C(=O)Nc4ccccc43)C(c3ccccc3)N2)cc(OC)c1OC. The van der Waals surface area contributed by atoms with E-state index in [0.717, 1.165) is 22.4 Å². The second-order valence-corrected chi connectivity index (χ2v) is 8.20. The van der Waals surface area contributed by atoms with Gasteiger partial charge in [-0.05, 0) is 41.3 Å². The Morgan fingerprint density at radius 2 is 1.50 bits per heavy atom. The number of carbonyl (C=O) groups is 1. The van der Waals surface area contributed by atoms with Crippen LogP contribution in [0.1, 0.15) is 35.2 Å². The number of ether oxygens (including phenoxy) is 3. The quantitative estimate of drug-likeness (QED) is 0.629. The molecule has 3 unspecified atom stereocenters. The average molecular weight is 431 g/mol. The summed E-state index contributed by atoms with van der Waals surface area (Å²) in [5.74, 6) is 1.76. The number of hydrogen-bond donors (Lipinski definition) is 2. The Hall–Kier alpha value is -3.51. The predicted molar refractivity (Wildman–Crippen MR) is 123 cm³/mol. The lowest BCUT2D eigenvalue weighted by atomic mass is 9.72. The monoisotopic (exact) mass is 430 g/mol. The number of rotatable bonds is 5. The van der Waals surface area contributed by atoms with Crippen LogP contribution in [0.15, 0.2) is 66.7 Å². The Labute approximate surface area is 187 Å². The number of hydrogen-bond acceptors (Lipinski definition) is 5. The van der Waals surface area contributed by atoms with E-state index in [4.69, 9.17) is 14.2 Å². The summed E-state index contributed by atoms with van der Waals surface area (Å²) < 4.78 is 16.6. The normalized spacial score (nSPS) is 23.7. The van der Waals surface area contributed by atoms with Crippen LogP contribution in [-0.2, 0) is 10.2 Å². The topological polar surface area (TPSA) is 68.8 Å². The minimum absolute atomic E-state index is 0.0231. The fourth-order valence-corrected chi connectivity index (χ4v) is 5.21. The first-order valence-electron chi connectivity index (χ1n) is 10.6. The highest BCUT2D eigenvalue weighted by molar-refractivity contribution is 6.07.